The molecule has 3 rings (SSSR count). The highest BCUT2D eigenvalue weighted by Gasteiger charge is 2.04. The van der Waals surface area contributed by atoms with Crippen molar-refractivity contribution in [2.75, 3.05) is 0 Å². The second-order valence-electron chi connectivity index (χ2n) is 4.83. The molecule has 1 aromatic carbocycles. The first kappa shape index (κ1) is 14.9. The van der Waals surface area contributed by atoms with Gasteiger partial charge in [0.25, 0.3) is 0 Å². The topological polar surface area (TPSA) is 24.7 Å². The minimum atomic E-state index is 0.910. The van der Waals surface area contributed by atoms with Crippen LogP contribution in [0.3, 0.4) is 0 Å². The molecule has 0 unspecified atom stereocenters. The summed E-state index contributed by atoms with van der Waals surface area (Å²) in [5.41, 5.74) is 2.28. The third kappa shape index (κ3) is 3.78. The van der Waals surface area contributed by atoms with Crippen molar-refractivity contribution in [3.63, 3.8) is 0 Å². The summed E-state index contributed by atoms with van der Waals surface area (Å²) in [6.07, 6.45) is 3.61. The molecule has 0 N–H and O–H groups in total. The van der Waals surface area contributed by atoms with Crippen LogP contribution in [0.5, 0.6) is 0 Å². The summed E-state index contributed by atoms with van der Waals surface area (Å²) in [5, 5.41) is 9.62. The third-order valence-corrected chi connectivity index (χ3v) is 5.86. The molecule has 21 heavy (non-hydrogen) atoms. The van der Waals surface area contributed by atoms with Crippen LogP contribution in [0.25, 0.3) is 9.40 Å². The van der Waals surface area contributed by atoms with Crippen LogP contribution in [0.2, 0.25) is 0 Å². The molecule has 2 aromatic heterocycles. The number of hydrogen-bond donors (Lipinski definition) is 0. The van der Waals surface area contributed by atoms with E-state index in [1.54, 1.807) is 22.7 Å². The second-order valence-corrected chi connectivity index (χ2v) is 8.36. The zero-order valence-electron chi connectivity index (χ0n) is 11.7. The van der Waals surface area contributed by atoms with Crippen molar-refractivity contribution in [3.8, 4) is 0 Å². The minimum Gasteiger partial charge on any atom is -0.150 e. The number of rotatable bonds is 5. The summed E-state index contributed by atoms with van der Waals surface area (Å²) < 4.78 is 3.68. The van der Waals surface area contributed by atoms with E-state index < -0.39 is 0 Å². The summed E-state index contributed by atoms with van der Waals surface area (Å²) in [5.74, 6) is 0. The molecule has 0 bridgehead atoms. The first-order chi connectivity index (χ1) is 10.2. The Morgan fingerprint density at radius 1 is 1.00 bits per heavy atom. The second kappa shape index (κ2) is 6.81. The molecule has 108 valence electrons. The van der Waals surface area contributed by atoms with E-state index in [0.29, 0.717) is 0 Å². The Morgan fingerprint density at radius 3 is 2.48 bits per heavy atom. The molecule has 0 aliphatic heterocycles. The molecule has 0 saturated carbocycles. The lowest BCUT2D eigenvalue weighted by Gasteiger charge is -1.99. The molecule has 0 fully saturated rings. The molecule has 0 radical (unpaired) electrons. The van der Waals surface area contributed by atoms with Crippen LogP contribution >= 0.6 is 38.6 Å². The number of halogens is 1. The first-order valence-electron chi connectivity index (χ1n) is 6.94. The van der Waals surface area contributed by atoms with Crippen molar-refractivity contribution < 1.29 is 0 Å². The molecule has 2 heterocycles. The van der Waals surface area contributed by atoms with Crippen LogP contribution in [0.15, 0.2) is 50.4 Å². The Bertz CT molecular complexity index is 725. The Hall–Kier alpha value is -1.04. The lowest BCUT2D eigenvalue weighted by atomic mass is 10.1. The van der Waals surface area contributed by atoms with Gasteiger partial charge < -0.3 is 0 Å². The number of azo groups is 1. The predicted octanol–water partition coefficient (Wildman–Crippen LogP) is 7.48. The van der Waals surface area contributed by atoms with E-state index in [1.807, 2.05) is 12.1 Å². The number of fused-ring (bicyclic) bond motifs is 1. The summed E-state index contributed by atoms with van der Waals surface area (Å²) >= 11 is 6.90. The maximum absolute atomic E-state index is 4.34. The maximum atomic E-state index is 4.34. The SMILES string of the molecule is CCCCc1ccc(N=Nc2cc3sc(Br)cc3s2)cc1. The monoisotopic (exact) mass is 378 g/mol. The van der Waals surface area contributed by atoms with Crippen molar-refractivity contribution in [2.24, 2.45) is 10.2 Å². The highest BCUT2D eigenvalue weighted by atomic mass is 79.9. The average Bonchev–Trinajstić information content (AvgIpc) is 3.01. The van der Waals surface area contributed by atoms with E-state index in [4.69, 9.17) is 0 Å². The summed E-state index contributed by atoms with van der Waals surface area (Å²) in [7, 11) is 0. The molecule has 3 aromatic rings. The van der Waals surface area contributed by atoms with Crippen molar-refractivity contribution in [1.82, 2.24) is 0 Å². The van der Waals surface area contributed by atoms with Gasteiger partial charge in [0, 0.05) is 9.40 Å². The molecule has 0 aliphatic carbocycles. The van der Waals surface area contributed by atoms with Gasteiger partial charge in [-0.25, -0.2) is 0 Å². The van der Waals surface area contributed by atoms with Crippen LogP contribution < -0.4 is 0 Å². The van der Waals surface area contributed by atoms with Gasteiger partial charge >= 0.3 is 0 Å². The van der Waals surface area contributed by atoms with Crippen molar-refractivity contribution in [1.29, 1.82) is 0 Å². The summed E-state index contributed by atoms with van der Waals surface area (Å²) in [6, 6.07) is 12.6. The number of unbranched alkanes of at least 4 members (excludes halogenated alkanes) is 1. The van der Waals surface area contributed by atoms with Gasteiger partial charge in [-0.05, 0) is 58.6 Å². The Labute approximate surface area is 140 Å². The van der Waals surface area contributed by atoms with Crippen molar-refractivity contribution >= 4 is 58.7 Å². The van der Waals surface area contributed by atoms with Gasteiger partial charge in [-0.1, -0.05) is 25.5 Å². The molecular formula is C16H15BrN2S2. The fourth-order valence-electron chi connectivity index (χ4n) is 2.06. The highest BCUT2D eigenvalue weighted by molar-refractivity contribution is 9.11. The zero-order chi connectivity index (χ0) is 14.7. The minimum absolute atomic E-state index is 0.910. The van der Waals surface area contributed by atoms with Gasteiger partial charge in [0.2, 0.25) is 0 Å². The standard InChI is InChI=1S/C16H15BrN2S2/c1-2-3-4-11-5-7-12(8-6-11)18-19-16-10-14-13(21-16)9-15(17)20-14/h5-10H,2-4H2,1H3. The number of thiophene rings is 2. The van der Waals surface area contributed by atoms with E-state index in [0.717, 1.165) is 20.9 Å². The van der Waals surface area contributed by atoms with E-state index in [9.17, 15) is 0 Å². The fourth-order valence-corrected chi connectivity index (χ4v) is 4.90. The highest BCUT2D eigenvalue weighted by Crippen LogP contribution is 2.39. The van der Waals surface area contributed by atoms with E-state index in [-0.39, 0.29) is 0 Å². The van der Waals surface area contributed by atoms with Gasteiger partial charge in [0.1, 0.15) is 5.00 Å². The fraction of sp³-hybridized carbons (Fsp3) is 0.250. The van der Waals surface area contributed by atoms with E-state index in [2.05, 4.69) is 57.3 Å². The number of benzene rings is 1. The molecule has 0 amide bonds. The van der Waals surface area contributed by atoms with Gasteiger partial charge in [-0.2, -0.15) is 0 Å². The van der Waals surface area contributed by atoms with Gasteiger partial charge in [0.15, 0.2) is 0 Å². The molecule has 0 spiro atoms. The number of aryl methyl sites for hydroxylation is 1. The predicted molar refractivity (Wildman–Crippen MR) is 96.6 cm³/mol. The Kier molecular flexibility index (Phi) is 4.83. The Morgan fingerprint density at radius 2 is 1.76 bits per heavy atom. The smallest absolute Gasteiger partial charge is 0.140 e. The van der Waals surface area contributed by atoms with Crippen LogP contribution in [0, 0.1) is 0 Å². The van der Waals surface area contributed by atoms with Crippen LogP contribution in [0.1, 0.15) is 25.3 Å². The third-order valence-electron chi connectivity index (χ3n) is 3.18. The quantitative estimate of drug-likeness (QED) is 0.411. The van der Waals surface area contributed by atoms with Crippen LogP contribution in [0.4, 0.5) is 10.7 Å². The lowest BCUT2D eigenvalue weighted by molar-refractivity contribution is 0.795. The number of nitrogens with zero attached hydrogens (tertiary/aromatic N) is 2. The maximum Gasteiger partial charge on any atom is 0.140 e. The Balaban J connectivity index is 1.71. The van der Waals surface area contributed by atoms with Crippen molar-refractivity contribution in [2.45, 2.75) is 26.2 Å². The summed E-state index contributed by atoms with van der Waals surface area (Å²) in [6.45, 7) is 2.22. The first-order valence-corrected chi connectivity index (χ1v) is 9.37. The van der Waals surface area contributed by atoms with Crippen LogP contribution in [-0.2, 0) is 6.42 Å². The van der Waals surface area contributed by atoms with Crippen LogP contribution in [-0.4, -0.2) is 0 Å². The normalized spacial score (nSPS) is 11.7. The largest absolute Gasteiger partial charge is 0.150 e. The van der Waals surface area contributed by atoms with E-state index >= 15 is 0 Å². The number of hydrogen-bond acceptors (Lipinski definition) is 4. The van der Waals surface area contributed by atoms with Gasteiger partial charge in [-0.15, -0.1) is 32.9 Å². The zero-order valence-corrected chi connectivity index (χ0v) is 14.9. The lowest BCUT2D eigenvalue weighted by Crippen LogP contribution is -1.82. The van der Waals surface area contributed by atoms with Gasteiger partial charge in [0.05, 0.1) is 9.47 Å². The molecule has 0 atom stereocenters. The molecular weight excluding hydrogens is 364 g/mol. The van der Waals surface area contributed by atoms with E-state index in [1.165, 1.54) is 27.8 Å². The summed E-state index contributed by atoms with van der Waals surface area (Å²) in [4.78, 5) is 0. The molecule has 2 nitrogen and oxygen atoms in total. The average molecular weight is 379 g/mol. The molecule has 0 saturated heterocycles. The molecule has 5 heteroatoms. The van der Waals surface area contributed by atoms with Gasteiger partial charge in [-0.3, -0.25) is 0 Å². The molecule has 0 aliphatic rings. The van der Waals surface area contributed by atoms with Crippen molar-refractivity contribution in [3.05, 3.63) is 45.7 Å².